The van der Waals surface area contributed by atoms with Crippen LogP contribution in [0.25, 0.3) is 0 Å². The minimum Gasteiger partial charge on any atom is -0.497 e. The Morgan fingerprint density at radius 1 is 0.963 bits per heavy atom. The maximum absolute atomic E-state index is 12.7. The smallest absolute Gasteiger partial charge is 0.355 e. The second-order valence-electron chi connectivity index (χ2n) is 5.59. The first kappa shape index (κ1) is 20.4. The quantitative estimate of drug-likeness (QED) is 0.386. The highest BCUT2D eigenvalue weighted by atomic mass is 32.2. The second-order valence-corrected chi connectivity index (χ2v) is 7.60. The highest BCUT2D eigenvalue weighted by Crippen LogP contribution is 2.20. The Kier molecular flexibility index (Phi) is 6.57. The molecule has 27 heavy (non-hydrogen) atoms. The molecule has 7 nitrogen and oxygen atoms in total. The molecule has 0 heterocycles. The lowest BCUT2D eigenvalue weighted by Crippen LogP contribution is -2.37. The van der Waals surface area contributed by atoms with Crippen molar-refractivity contribution in [3.05, 3.63) is 54.1 Å². The van der Waals surface area contributed by atoms with Gasteiger partial charge in [0.25, 0.3) is 6.10 Å². The minimum atomic E-state index is -3.39. The summed E-state index contributed by atoms with van der Waals surface area (Å²) in [6, 6.07) is 11.7. The van der Waals surface area contributed by atoms with Crippen molar-refractivity contribution in [2.24, 2.45) is 0 Å². The number of Topliss-reactive ketones (excluding diaryl/α,β-unsaturated/α-hetero) is 1. The van der Waals surface area contributed by atoms with Gasteiger partial charge in [-0.3, -0.25) is 4.79 Å². The van der Waals surface area contributed by atoms with Crippen LogP contribution in [0.4, 0.5) is 0 Å². The Balaban J connectivity index is 2.29. The van der Waals surface area contributed by atoms with Crippen molar-refractivity contribution in [3.63, 3.8) is 0 Å². The molecule has 0 fully saturated rings. The van der Waals surface area contributed by atoms with E-state index in [2.05, 4.69) is 0 Å². The molecule has 1 atom stereocenters. The number of hydrogen-bond donors (Lipinski definition) is 0. The van der Waals surface area contributed by atoms with Gasteiger partial charge in [0.2, 0.25) is 5.78 Å². The van der Waals surface area contributed by atoms with Gasteiger partial charge in [0.05, 0.1) is 18.6 Å². The molecule has 0 aromatic heterocycles. The summed E-state index contributed by atoms with van der Waals surface area (Å²) in [5, 5.41) is 0. The Hall–Kier alpha value is -2.87. The van der Waals surface area contributed by atoms with Crippen molar-refractivity contribution in [1.29, 1.82) is 0 Å². The van der Waals surface area contributed by atoms with Crippen molar-refractivity contribution >= 4 is 21.6 Å². The average molecular weight is 392 g/mol. The molecule has 2 aromatic rings. The third-order valence-electron chi connectivity index (χ3n) is 3.62. The van der Waals surface area contributed by atoms with E-state index >= 15 is 0 Å². The van der Waals surface area contributed by atoms with Crippen LogP contribution >= 0.6 is 0 Å². The number of ketones is 1. The Morgan fingerprint density at radius 2 is 1.52 bits per heavy atom. The van der Waals surface area contributed by atoms with Gasteiger partial charge in [-0.15, -0.1) is 0 Å². The molecule has 0 aliphatic carbocycles. The van der Waals surface area contributed by atoms with Crippen LogP contribution in [0, 0.1) is 0 Å². The lowest BCUT2D eigenvalue weighted by Gasteiger charge is -2.17. The summed E-state index contributed by atoms with van der Waals surface area (Å²) in [5.74, 6) is -0.581. The molecule has 8 heteroatoms. The van der Waals surface area contributed by atoms with Gasteiger partial charge in [-0.2, -0.15) is 0 Å². The van der Waals surface area contributed by atoms with E-state index in [4.69, 9.17) is 14.2 Å². The molecule has 0 spiro atoms. The zero-order chi connectivity index (χ0) is 20.0. The number of sulfone groups is 1. The fourth-order valence-corrected chi connectivity index (χ4v) is 2.87. The number of carbonyl (C=O) groups is 2. The number of benzene rings is 2. The first-order chi connectivity index (χ1) is 12.8. The summed E-state index contributed by atoms with van der Waals surface area (Å²) >= 11 is 0. The van der Waals surface area contributed by atoms with Crippen LogP contribution in [0.1, 0.15) is 17.3 Å². The topological polar surface area (TPSA) is 96.0 Å². The van der Waals surface area contributed by atoms with Gasteiger partial charge < -0.3 is 14.2 Å². The van der Waals surface area contributed by atoms with Crippen LogP contribution in [-0.2, 0) is 19.4 Å². The zero-order valence-electron chi connectivity index (χ0n) is 15.2. The maximum atomic E-state index is 12.7. The van der Waals surface area contributed by atoms with Crippen molar-refractivity contribution in [1.82, 2.24) is 0 Å². The van der Waals surface area contributed by atoms with Crippen LogP contribution in [0.3, 0.4) is 0 Å². The Bertz CT molecular complexity index is 900. The molecule has 2 rings (SSSR count). The lowest BCUT2D eigenvalue weighted by molar-refractivity contribution is -0.149. The van der Waals surface area contributed by atoms with Crippen LogP contribution < -0.4 is 9.47 Å². The summed E-state index contributed by atoms with van der Waals surface area (Å²) in [7, 11) is -1.88. The zero-order valence-corrected chi connectivity index (χ0v) is 16.0. The molecule has 0 aliphatic rings. The lowest BCUT2D eigenvalue weighted by atomic mass is 10.1. The highest BCUT2D eigenvalue weighted by Gasteiger charge is 2.31. The molecule has 0 bridgehead atoms. The van der Waals surface area contributed by atoms with E-state index in [1.807, 2.05) is 0 Å². The minimum absolute atomic E-state index is 0.0720. The third kappa shape index (κ3) is 5.30. The summed E-state index contributed by atoms with van der Waals surface area (Å²) in [6.07, 6.45) is -0.444. The first-order valence-electron chi connectivity index (χ1n) is 8.08. The van der Waals surface area contributed by atoms with E-state index < -0.39 is 27.7 Å². The molecule has 144 valence electrons. The number of carbonyl (C=O) groups excluding carboxylic acids is 2. The number of hydrogen-bond acceptors (Lipinski definition) is 7. The molecule has 0 radical (unpaired) electrons. The van der Waals surface area contributed by atoms with Gasteiger partial charge >= 0.3 is 5.97 Å². The number of rotatable bonds is 8. The van der Waals surface area contributed by atoms with Gasteiger partial charge in [-0.25, -0.2) is 13.2 Å². The van der Waals surface area contributed by atoms with Crippen molar-refractivity contribution in [3.8, 4) is 11.5 Å². The second kappa shape index (κ2) is 8.68. The summed E-state index contributed by atoms with van der Waals surface area (Å²) < 4.78 is 38.6. The molecule has 0 saturated carbocycles. The summed E-state index contributed by atoms with van der Waals surface area (Å²) in [5.41, 5.74) is 0.133. The van der Waals surface area contributed by atoms with E-state index in [0.29, 0.717) is 5.75 Å². The first-order valence-corrected chi connectivity index (χ1v) is 9.97. The van der Waals surface area contributed by atoms with Crippen LogP contribution in [0.5, 0.6) is 11.5 Å². The highest BCUT2D eigenvalue weighted by molar-refractivity contribution is 7.90. The van der Waals surface area contributed by atoms with Gasteiger partial charge in [-0.1, -0.05) is 0 Å². The van der Waals surface area contributed by atoms with E-state index in [1.165, 1.54) is 31.4 Å². The Morgan fingerprint density at radius 3 is 2.00 bits per heavy atom. The van der Waals surface area contributed by atoms with E-state index in [0.717, 1.165) is 6.26 Å². The summed E-state index contributed by atoms with van der Waals surface area (Å²) in [4.78, 5) is 25.0. The molecule has 0 aliphatic heterocycles. The largest absolute Gasteiger partial charge is 0.497 e. The monoisotopic (exact) mass is 392 g/mol. The molecule has 1 unspecified atom stereocenters. The fraction of sp³-hybridized carbons (Fsp3) is 0.263. The van der Waals surface area contributed by atoms with Gasteiger partial charge in [0.1, 0.15) is 11.5 Å². The average Bonchev–Trinajstić information content (AvgIpc) is 2.65. The van der Waals surface area contributed by atoms with E-state index in [9.17, 15) is 18.0 Å². The van der Waals surface area contributed by atoms with Crippen molar-refractivity contribution in [2.45, 2.75) is 17.9 Å². The third-order valence-corrected chi connectivity index (χ3v) is 4.75. The normalized spacial score (nSPS) is 12.1. The van der Waals surface area contributed by atoms with Crippen molar-refractivity contribution < 1.29 is 32.2 Å². The van der Waals surface area contributed by atoms with Gasteiger partial charge in [-0.05, 0) is 55.5 Å². The predicted octanol–water partition coefficient (Wildman–Crippen LogP) is 2.29. The van der Waals surface area contributed by atoms with Crippen LogP contribution in [-0.4, -0.2) is 46.2 Å². The Labute approximate surface area is 157 Å². The van der Waals surface area contributed by atoms with E-state index in [-0.39, 0.29) is 22.8 Å². The standard InChI is InChI=1S/C19H20O7S/c1-4-25-19(21)18(26-15-9-7-14(24-2)8-10-15)17(20)13-5-11-16(12-6-13)27(3,22)23/h5-12,18H,4H2,1-3H3. The van der Waals surface area contributed by atoms with Crippen LogP contribution in [0.15, 0.2) is 53.4 Å². The maximum Gasteiger partial charge on any atom is 0.355 e. The number of esters is 1. The van der Waals surface area contributed by atoms with Crippen molar-refractivity contribution in [2.75, 3.05) is 20.0 Å². The number of methoxy groups -OCH3 is 1. The molecule has 0 amide bonds. The van der Waals surface area contributed by atoms with Crippen LogP contribution in [0.2, 0.25) is 0 Å². The van der Waals surface area contributed by atoms with Gasteiger partial charge in [0, 0.05) is 11.8 Å². The van der Waals surface area contributed by atoms with E-state index in [1.54, 1.807) is 31.2 Å². The summed E-state index contributed by atoms with van der Waals surface area (Å²) in [6.45, 7) is 1.70. The number of ether oxygens (including phenoxy) is 3. The SMILES string of the molecule is CCOC(=O)C(Oc1ccc(OC)cc1)C(=O)c1ccc(S(C)(=O)=O)cc1. The fourth-order valence-electron chi connectivity index (χ4n) is 2.23. The predicted molar refractivity (Wildman–Crippen MR) is 97.9 cm³/mol. The molecular weight excluding hydrogens is 372 g/mol. The van der Waals surface area contributed by atoms with Gasteiger partial charge in [0.15, 0.2) is 9.84 Å². The molecule has 0 N–H and O–H groups in total. The molecule has 0 saturated heterocycles. The molecular formula is C19H20O7S. The molecule has 2 aromatic carbocycles.